The Bertz CT molecular complexity index is 154. The molecule has 0 aromatic rings. The van der Waals surface area contributed by atoms with Gasteiger partial charge in [-0.25, -0.2) is 0 Å². The summed E-state index contributed by atoms with van der Waals surface area (Å²) in [6.45, 7) is 1.15. The molecule has 1 N–H and O–H groups in total. The van der Waals surface area contributed by atoms with Gasteiger partial charge in [0, 0.05) is 13.2 Å². The third-order valence-corrected chi connectivity index (χ3v) is 3.67. The second-order valence-electron chi connectivity index (χ2n) is 4.44. The molecule has 0 spiro atoms. The number of nitrogens with one attached hydrogen (secondary N) is 1. The van der Waals surface area contributed by atoms with Crippen LogP contribution >= 0.6 is 0 Å². The van der Waals surface area contributed by atoms with E-state index in [0.29, 0.717) is 12.1 Å². The van der Waals surface area contributed by atoms with E-state index >= 15 is 0 Å². The first-order valence-electron chi connectivity index (χ1n) is 5.68. The molecule has 0 radical (unpaired) electrons. The molecule has 0 amide bonds. The van der Waals surface area contributed by atoms with Gasteiger partial charge >= 0.3 is 0 Å². The van der Waals surface area contributed by atoms with Crippen LogP contribution in [0.15, 0.2) is 0 Å². The molecule has 2 atom stereocenters. The fourth-order valence-electron chi connectivity index (χ4n) is 2.93. The lowest BCUT2D eigenvalue weighted by molar-refractivity contribution is 0.0653. The Labute approximate surface area is 81.0 Å². The zero-order valence-corrected chi connectivity index (χ0v) is 8.59. The number of hydrogen-bond donors (Lipinski definition) is 1. The topological polar surface area (TPSA) is 21.3 Å². The second kappa shape index (κ2) is 4.43. The van der Waals surface area contributed by atoms with E-state index in [-0.39, 0.29) is 0 Å². The standard InChI is InChI=1S/C11H21NO/c1-13-10-7-8-12-11(10)9-5-3-2-4-6-9/h9-12H,2-8H2,1H3. The number of methoxy groups -OCH3 is 1. The highest BCUT2D eigenvalue weighted by Gasteiger charge is 2.33. The predicted octanol–water partition coefficient (Wildman–Crippen LogP) is 1.94. The zero-order valence-electron chi connectivity index (χ0n) is 8.59. The molecule has 1 saturated heterocycles. The van der Waals surface area contributed by atoms with E-state index in [1.54, 1.807) is 0 Å². The summed E-state index contributed by atoms with van der Waals surface area (Å²) in [5.74, 6) is 0.890. The van der Waals surface area contributed by atoms with E-state index in [1.165, 1.54) is 38.5 Å². The summed E-state index contributed by atoms with van der Waals surface area (Å²) in [6, 6.07) is 0.658. The van der Waals surface area contributed by atoms with Crippen LogP contribution in [0.1, 0.15) is 38.5 Å². The third-order valence-electron chi connectivity index (χ3n) is 3.67. The molecule has 2 heteroatoms. The van der Waals surface area contributed by atoms with Crippen LogP contribution in [-0.4, -0.2) is 25.8 Å². The molecule has 1 aliphatic heterocycles. The molecule has 1 aliphatic carbocycles. The number of ether oxygens (including phenoxy) is 1. The van der Waals surface area contributed by atoms with Gasteiger partial charge in [-0.15, -0.1) is 0 Å². The minimum atomic E-state index is 0.489. The first-order chi connectivity index (χ1) is 6.42. The molecular weight excluding hydrogens is 162 g/mol. The van der Waals surface area contributed by atoms with Crippen molar-refractivity contribution in [1.82, 2.24) is 5.32 Å². The Kier molecular flexibility index (Phi) is 3.23. The van der Waals surface area contributed by atoms with Crippen LogP contribution in [0.25, 0.3) is 0 Å². The van der Waals surface area contributed by atoms with Gasteiger partial charge < -0.3 is 10.1 Å². The lowest BCUT2D eigenvalue weighted by Crippen LogP contribution is -2.39. The average Bonchev–Trinajstić information content (AvgIpc) is 2.67. The highest BCUT2D eigenvalue weighted by atomic mass is 16.5. The summed E-state index contributed by atoms with van der Waals surface area (Å²) < 4.78 is 5.51. The molecule has 0 bridgehead atoms. The minimum absolute atomic E-state index is 0.489. The predicted molar refractivity (Wildman–Crippen MR) is 53.8 cm³/mol. The second-order valence-corrected chi connectivity index (χ2v) is 4.44. The van der Waals surface area contributed by atoms with Crippen molar-refractivity contribution in [2.75, 3.05) is 13.7 Å². The van der Waals surface area contributed by atoms with Gasteiger partial charge in [-0.2, -0.15) is 0 Å². The molecule has 2 nitrogen and oxygen atoms in total. The van der Waals surface area contributed by atoms with Crippen molar-refractivity contribution >= 4 is 0 Å². The van der Waals surface area contributed by atoms with Gasteiger partial charge in [-0.1, -0.05) is 19.3 Å². The van der Waals surface area contributed by atoms with Gasteiger partial charge in [-0.3, -0.25) is 0 Å². The maximum Gasteiger partial charge on any atom is 0.0739 e. The van der Waals surface area contributed by atoms with Crippen LogP contribution in [0.2, 0.25) is 0 Å². The fraction of sp³-hybridized carbons (Fsp3) is 1.00. The van der Waals surface area contributed by atoms with Gasteiger partial charge in [0.2, 0.25) is 0 Å². The summed E-state index contributed by atoms with van der Waals surface area (Å²) >= 11 is 0. The molecule has 1 saturated carbocycles. The van der Waals surface area contributed by atoms with Gasteiger partial charge in [0.1, 0.15) is 0 Å². The quantitative estimate of drug-likeness (QED) is 0.706. The number of rotatable bonds is 2. The monoisotopic (exact) mass is 183 g/mol. The number of hydrogen-bond acceptors (Lipinski definition) is 2. The summed E-state index contributed by atoms with van der Waals surface area (Å²) in [6.07, 6.45) is 8.83. The third kappa shape index (κ3) is 2.05. The Morgan fingerprint density at radius 1 is 1.08 bits per heavy atom. The first-order valence-corrected chi connectivity index (χ1v) is 5.68. The van der Waals surface area contributed by atoms with Gasteiger partial charge in [0.25, 0.3) is 0 Å². The maximum absolute atomic E-state index is 5.51. The Morgan fingerprint density at radius 2 is 1.85 bits per heavy atom. The molecular formula is C11H21NO. The lowest BCUT2D eigenvalue weighted by Gasteiger charge is -2.30. The SMILES string of the molecule is COC1CCNC1C1CCCCC1. The maximum atomic E-state index is 5.51. The van der Waals surface area contributed by atoms with Crippen molar-refractivity contribution in [3.8, 4) is 0 Å². The lowest BCUT2D eigenvalue weighted by atomic mass is 9.82. The van der Waals surface area contributed by atoms with Crippen molar-refractivity contribution in [3.05, 3.63) is 0 Å². The zero-order chi connectivity index (χ0) is 9.10. The molecule has 1 heterocycles. The first kappa shape index (κ1) is 9.47. The highest BCUT2D eigenvalue weighted by Crippen LogP contribution is 2.30. The molecule has 2 aliphatic rings. The molecule has 76 valence electrons. The van der Waals surface area contributed by atoms with E-state index in [0.717, 1.165) is 12.5 Å². The molecule has 2 rings (SSSR count). The van der Waals surface area contributed by atoms with Crippen molar-refractivity contribution < 1.29 is 4.74 Å². The van der Waals surface area contributed by atoms with E-state index in [4.69, 9.17) is 4.74 Å². The average molecular weight is 183 g/mol. The smallest absolute Gasteiger partial charge is 0.0739 e. The molecule has 2 unspecified atom stereocenters. The molecule has 2 fully saturated rings. The highest BCUT2D eigenvalue weighted by molar-refractivity contribution is 4.90. The summed E-state index contributed by atoms with van der Waals surface area (Å²) in [4.78, 5) is 0. The van der Waals surface area contributed by atoms with Crippen LogP contribution < -0.4 is 5.32 Å². The van der Waals surface area contributed by atoms with E-state index < -0.39 is 0 Å². The van der Waals surface area contributed by atoms with Crippen LogP contribution in [0.3, 0.4) is 0 Å². The van der Waals surface area contributed by atoms with E-state index in [1.807, 2.05) is 7.11 Å². The summed E-state index contributed by atoms with van der Waals surface area (Å²) in [5.41, 5.74) is 0. The van der Waals surface area contributed by atoms with Crippen molar-refractivity contribution in [1.29, 1.82) is 0 Å². The Balaban J connectivity index is 1.90. The van der Waals surface area contributed by atoms with Crippen LogP contribution in [0, 0.1) is 5.92 Å². The van der Waals surface area contributed by atoms with Crippen molar-refractivity contribution in [3.63, 3.8) is 0 Å². The van der Waals surface area contributed by atoms with Crippen LogP contribution in [0.4, 0.5) is 0 Å². The largest absolute Gasteiger partial charge is 0.380 e. The van der Waals surface area contributed by atoms with Crippen LogP contribution in [0.5, 0.6) is 0 Å². The normalized spacial score (nSPS) is 36.7. The fourth-order valence-corrected chi connectivity index (χ4v) is 2.93. The van der Waals surface area contributed by atoms with Crippen LogP contribution in [-0.2, 0) is 4.74 Å². The Hall–Kier alpha value is -0.0800. The van der Waals surface area contributed by atoms with Crippen molar-refractivity contribution in [2.24, 2.45) is 5.92 Å². The molecule has 13 heavy (non-hydrogen) atoms. The molecule has 0 aromatic carbocycles. The van der Waals surface area contributed by atoms with Gasteiger partial charge in [-0.05, 0) is 31.7 Å². The van der Waals surface area contributed by atoms with Gasteiger partial charge in [0.05, 0.1) is 6.10 Å². The Morgan fingerprint density at radius 3 is 2.54 bits per heavy atom. The van der Waals surface area contributed by atoms with E-state index in [9.17, 15) is 0 Å². The minimum Gasteiger partial charge on any atom is -0.380 e. The van der Waals surface area contributed by atoms with E-state index in [2.05, 4.69) is 5.32 Å². The van der Waals surface area contributed by atoms with Gasteiger partial charge in [0.15, 0.2) is 0 Å². The molecule has 0 aromatic heterocycles. The van der Waals surface area contributed by atoms with Crippen molar-refractivity contribution in [2.45, 2.75) is 50.7 Å². The summed E-state index contributed by atoms with van der Waals surface area (Å²) in [7, 11) is 1.85. The summed E-state index contributed by atoms with van der Waals surface area (Å²) in [5, 5.41) is 3.60.